The summed E-state index contributed by atoms with van der Waals surface area (Å²) < 4.78 is 21.9. The summed E-state index contributed by atoms with van der Waals surface area (Å²) in [7, 11) is 1.32. The van der Waals surface area contributed by atoms with Gasteiger partial charge in [0.15, 0.2) is 12.5 Å². The second-order valence-electron chi connectivity index (χ2n) is 2.43. The lowest BCUT2D eigenvalue weighted by molar-refractivity contribution is -0.251. The summed E-state index contributed by atoms with van der Waals surface area (Å²) in [6.07, 6.45) is -5.16. The molecule has 1 fully saturated rings. The Labute approximate surface area is 63.5 Å². The van der Waals surface area contributed by atoms with Gasteiger partial charge < -0.3 is 19.7 Å². The van der Waals surface area contributed by atoms with Crippen LogP contribution in [0.2, 0.25) is 0 Å². The van der Waals surface area contributed by atoms with Crippen LogP contribution in [0.25, 0.3) is 0 Å². The van der Waals surface area contributed by atoms with Gasteiger partial charge in [-0.15, -0.1) is 0 Å². The predicted molar refractivity (Wildman–Crippen MR) is 33.7 cm³/mol. The van der Waals surface area contributed by atoms with Crippen LogP contribution >= 0.6 is 0 Å². The molecule has 0 unspecified atom stereocenters. The minimum Gasteiger partial charge on any atom is -0.387 e. The second-order valence-corrected chi connectivity index (χ2v) is 2.43. The lowest BCUT2D eigenvalue weighted by atomic mass is 10.1. The van der Waals surface area contributed by atoms with E-state index in [4.69, 9.17) is 14.9 Å². The van der Waals surface area contributed by atoms with Gasteiger partial charge in [0, 0.05) is 7.11 Å². The number of ether oxygens (including phenoxy) is 2. The molecule has 1 saturated heterocycles. The molecule has 0 saturated carbocycles. The van der Waals surface area contributed by atoms with Crippen LogP contribution < -0.4 is 0 Å². The van der Waals surface area contributed by atoms with E-state index >= 15 is 0 Å². The molecule has 0 aromatic heterocycles. The summed E-state index contributed by atoms with van der Waals surface area (Å²) in [6, 6.07) is 0. The van der Waals surface area contributed by atoms with E-state index in [1.807, 2.05) is 0 Å². The molecule has 4 nitrogen and oxygen atoms in total. The number of aliphatic hydroxyl groups is 2. The highest BCUT2D eigenvalue weighted by Crippen LogP contribution is 2.17. The fourth-order valence-electron chi connectivity index (χ4n) is 0.966. The summed E-state index contributed by atoms with van der Waals surface area (Å²) in [5, 5.41) is 18.0. The predicted octanol–water partition coefficient (Wildman–Crippen LogP) is -0.951. The molecule has 4 atom stereocenters. The van der Waals surface area contributed by atoms with Gasteiger partial charge in [-0.3, -0.25) is 0 Å². The maximum atomic E-state index is 12.5. The zero-order valence-corrected chi connectivity index (χ0v) is 6.11. The topological polar surface area (TPSA) is 58.9 Å². The fourth-order valence-corrected chi connectivity index (χ4v) is 0.966. The Morgan fingerprint density at radius 3 is 2.64 bits per heavy atom. The first kappa shape index (κ1) is 8.86. The molecule has 1 heterocycles. The monoisotopic (exact) mass is 166 g/mol. The maximum Gasteiger partial charge on any atom is 0.185 e. The second kappa shape index (κ2) is 3.44. The van der Waals surface area contributed by atoms with Crippen LogP contribution in [-0.4, -0.2) is 48.6 Å². The molecule has 11 heavy (non-hydrogen) atoms. The Morgan fingerprint density at radius 1 is 1.45 bits per heavy atom. The van der Waals surface area contributed by atoms with E-state index in [2.05, 4.69) is 4.74 Å². The van der Waals surface area contributed by atoms with Crippen LogP contribution in [0.5, 0.6) is 0 Å². The van der Waals surface area contributed by atoms with E-state index in [0.29, 0.717) is 0 Å². The van der Waals surface area contributed by atoms with Gasteiger partial charge in [-0.2, -0.15) is 0 Å². The van der Waals surface area contributed by atoms with Crippen LogP contribution in [-0.2, 0) is 9.47 Å². The fraction of sp³-hybridized carbons (Fsp3) is 1.00. The first-order chi connectivity index (χ1) is 5.16. The normalized spacial score (nSPS) is 45.8. The molecule has 66 valence electrons. The van der Waals surface area contributed by atoms with Crippen LogP contribution in [0.3, 0.4) is 0 Å². The number of rotatable bonds is 1. The van der Waals surface area contributed by atoms with Crippen LogP contribution in [0.15, 0.2) is 0 Å². The Bertz CT molecular complexity index is 130. The van der Waals surface area contributed by atoms with E-state index in [1.54, 1.807) is 0 Å². The van der Waals surface area contributed by atoms with Gasteiger partial charge in [0.2, 0.25) is 0 Å². The molecule has 0 spiro atoms. The van der Waals surface area contributed by atoms with Crippen molar-refractivity contribution in [3.05, 3.63) is 0 Å². The molecule has 2 N–H and O–H groups in total. The first-order valence-corrected chi connectivity index (χ1v) is 3.31. The molecule has 1 aliphatic rings. The minimum absolute atomic E-state index is 0.239. The van der Waals surface area contributed by atoms with E-state index in [9.17, 15) is 4.39 Å². The number of hydrogen-bond donors (Lipinski definition) is 2. The number of aliphatic hydroxyl groups excluding tert-OH is 2. The molecule has 0 aliphatic carbocycles. The summed E-state index contributed by atoms with van der Waals surface area (Å²) in [5.74, 6) is 0. The summed E-state index contributed by atoms with van der Waals surface area (Å²) >= 11 is 0. The van der Waals surface area contributed by atoms with E-state index in [0.717, 1.165) is 0 Å². The largest absolute Gasteiger partial charge is 0.387 e. The van der Waals surface area contributed by atoms with Crippen molar-refractivity contribution in [1.29, 1.82) is 0 Å². The zero-order valence-electron chi connectivity index (χ0n) is 6.11. The van der Waals surface area contributed by atoms with Gasteiger partial charge in [0.1, 0.15) is 12.2 Å². The highest BCUT2D eigenvalue weighted by molar-refractivity contribution is 4.82. The molecule has 0 bridgehead atoms. The Balaban J connectivity index is 2.52. The number of halogens is 1. The van der Waals surface area contributed by atoms with Crippen molar-refractivity contribution in [2.45, 2.75) is 24.7 Å². The zero-order chi connectivity index (χ0) is 8.43. The molecule has 1 rings (SSSR count). The maximum absolute atomic E-state index is 12.5. The van der Waals surface area contributed by atoms with Gasteiger partial charge in [0.05, 0.1) is 6.61 Å². The lowest BCUT2D eigenvalue weighted by Crippen LogP contribution is -2.51. The molecule has 1 aliphatic heterocycles. The number of alkyl halides is 1. The van der Waals surface area contributed by atoms with Crippen molar-refractivity contribution in [3.63, 3.8) is 0 Å². The average molecular weight is 166 g/mol. The quantitative estimate of drug-likeness (QED) is 0.527. The van der Waals surface area contributed by atoms with Gasteiger partial charge in [0.25, 0.3) is 0 Å². The van der Waals surface area contributed by atoms with Crippen LogP contribution in [0, 0.1) is 0 Å². The number of hydrogen-bond acceptors (Lipinski definition) is 4. The number of methoxy groups -OCH3 is 1. The molecule has 0 aromatic carbocycles. The SMILES string of the molecule is CO[C@@H]1OC[C@H](F)[C@H](O)[C@@H]1O. The highest BCUT2D eigenvalue weighted by Gasteiger charge is 2.38. The van der Waals surface area contributed by atoms with Gasteiger partial charge in [-0.25, -0.2) is 4.39 Å². The van der Waals surface area contributed by atoms with Gasteiger partial charge >= 0.3 is 0 Å². The van der Waals surface area contributed by atoms with Crippen molar-refractivity contribution in [2.24, 2.45) is 0 Å². The van der Waals surface area contributed by atoms with Crippen molar-refractivity contribution >= 4 is 0 Å². The Hall–Kier alpha value is -0.230. The molecule has 0 aromatic rings. The van der Waals surface area contributed by atoms with E-state index < -0.39 is 24.7 Å². The van der Waals surface area contributed by atoms with Crippen LogP contribution in [0.4, 0.5) is 4.39 Å². The summed E-state index contributed by atoms with van der Waals surface area (Å²) in [4.78, 5) is 0. The van der Waals surface area contributed by atoms with Crippen molar-refractivity contribution in [1.82, 2.24) is 0 Å². The minimum atomic E-state index is -1.53. The molecular weight excluding hydrogens is 155 g/mol. The first-order valence-electron chi connectivity index (χ1n) is 3.31. The Kier molecular flexibility index (Phi) is 2.78. The summed E-state index contributed by atoms with van der Waals surface area (Å²) in [5.41, 5.74) is 0. The van der Waals surface area contributed by atoms with E-state index in [-0.39, 0.29) is 6.61 Å². The van der Waals surface area contributed by atoms with Crippen molar-refractivity contribution < 1.29 is 24.1 Å². The lowest BCUT2D eigenvalue weighted by Gasteiger charge is -2.32. The third-order valence-corrected chi connectivity index (χ3v) is 1.65. The van der Waals surface area contributed by atoms with E-state index in [1.165, 1.54) is 7.11 Å². The Morgan fingerprint density at radius 2 is 2.09 bits per heavy atom. The molecule has 0 radical (unpaired) electrons. The highest BCUT2D eigenvalue weighted by atomic mass is 19.1. The van der Waals surface area contributed by atoms with Crippen molar-refractivity contribution in [3.8, 4) is 0 Å². The third-order valence-electron chi connectivity index (χ3n) is 1.65. The molecule has 5 heteroatoms. The van der Waals surface area contributed by atoms with Crippen LogP contribution in [0.1, 0.15) is 0 Å². The standard InChI is InChI=1S/C6H11FO4/c1-10-6-5(9)4(8)3(7)2-11-6/h3-6,8-9H,2H2,1H3/t3-,4-,5-,6+/m0/s1. The smallest absolute Gasteiger partial charge is 0.185 e. The third kappa shape index (κ3) is 1.67. The molecular formula is C6H11FO4. The average Bonchev–Trinajstić information content (AvgIpc) is 2.01. The van der Waals surface area contributed by atoms with Gasteiger partial charge in [-0.1, -0.05) is 0 Å². The van der Waals surface area contributed by atoms with Gasteiger partial charge in [-0.05, 0) is 0 Å². The molecule has 0 amide bonds. The van der Waals surface area contributed by atoms with Crippen molar-refractivity contribution in [2.75, 3.05) is 13.7 Å². The summed E-state index contributed by atoms with van der Waals surface area (Å²) in [6.45, 7) is -0.239.